The van der Waals surface area contributed by atoms with E-state index in [2.05, 4.69) is 11.2 Å². The zero-order valence-corrected chi connectivity index (χ0v) is 11.4. The van der Waals surface area contributed by atoms with Gasteiger partial charge in [-0.25, -0.2) is 0 Å². The van der Waals surface area contributed by atoms with Crippen molar-refractivity contribution in [3.8, 4) is 18.1 Å². The summed E-state index contributed by atoms with van der Waals surface area (Å²) in [6, 6.07) is 3.86. The first-order valence-electron chi connectivity index (χ1n) is 6.10. The highest BCUT2D eigenvalue weighted by Crippen LogP contribution is 2.27. The summed E-state index contributed by atoms with van der Waals surface area (Å²) in [5, 5.41) is 13.6. The van der Waals surface area contributed by atoms with Gasteiger partial charge in [0.2, 0.25) is 0 Å². The standard InChI is InChI=1S/C14H16N2O4/c1-4-6-11(5-2)15-14(17)10-7-8-12(16(18)19)13(9-10)20-3/h1,7-9,11H,5-6H2,2-3H3,(H,15,17). The number of ether oxygens (including phenoxy) is 1. The number of rotatable bonds is 6. The molecule has 0 saturated carbocycles. The number of hydrogen-bond donors (Lipinski definition) is 1. The van der Waals surface area contributed by atoms with Crippen LogP contribution >= 0.6 is 0 Å². The number of carbonyl (C=O) groups is 1. The third kappa shape index (κ3) is 3.72. The van der Waals surface area contributed by atoms with Gasteiger partial charge in [-0.15, -0.1) is 12.3 Å². The van der Waals surface area contributed by atoms with E-state index in [1.54, 1.807) is 0 Å². The Bertz CT molecular complexity index is 549. The maximum atomic E-state index is 12.0. The number of terminal acetylenes is 1. The number of nitro groups is 1. The number of amides is 1. The van der Waals surface area contributed by atoms with Crippen molar-refractivity contribution in [1.29, 1.82) is 0 Å². The van der Waals surface area contributed by atoms with Gasteiger partial charge in [-0.1, -0.05) is 6.92 Å². The molecule has 0 spiro atoms. The van der Waals surface area contributed by atoms with Gasteiger partial charge in [-0.2, -0.15) is 0 Å². The second kappa shape index (κ2) is 7.14. The first kappa shape index (κ1) is 15.5. The summed E-state index contributed by atoms with van der Waals surface area (Å²) >= 11 is 0. The average Bonchev–Trinajstić information content (AvgIpc) is 2.45. The summed E-state index contributed by atoms with van der Waals surface area (Å²) in [5.74, 6) is 2.21. The molecule has 0 radical (unpaired) electrons. The number of benzene rings is 1. The van der Waals surface area contributed by atoms with E-state index in [4.69, 9.17) is 11.2 Å². The van der Waals surface area contributed by atoms with Crippen LogP contribution in [0.3, 0.4) is 0 Å². The molecule has 0 aromatic heterocycles. The lowest BCUT2D eigenvalue weighted by atomic mass is 10.1. The highest BCUT2D eigenvalue weighted by Gasteiger charge is 2.18. The molecule has 1 atom stereocenters. The highest BCUT2D eigenvalue weighted by atomic mass is 16.6. The Morgan fingerprint density at radius 1 is 1.60 bits per heavy atom. The van der Waals surface area contributed by atoms with E-state index in [0.29, 0.717) is 18.4 Å². The van der Waals surface area contributed by atoms with Crippen molar-refractivity contribution >= 4 is 11.6 Å². The average molecular weight is 276 g/mol. The van der Waals surface area contributed by atoms with Gasteiger partial charge in [-0.05, 0) is 12.5 Å². The van der Waals surface area contributed by atoms with Crippen LogP contribution < -0.4 is 10.1 Å². The molecular weight excluding hydrogens is 260 g/mol. The quantitative estimate of drug-likeness (QED) is 0.490. The second-order valence-corrected chi connectivity index (χ2v) is 4.13. The molecule has 1 rings (SSSR count). The van der Waals surface area contributed by atoms with Crippen LogP contribution in [0.25, 0.3) is 0 Å². The van der Waals surface area contributed by atoms with Crippen molar-refractivity contribution in [2.24, 2.45) is 0 Å². The Morgan fingerprint density at radius 2 is 2.30 bits per heavy atom. The van der Waals surface area contributed by atoms with Crippen LogP contribution in [-0.4, -0.2) is 24.0 Å². The van der Waals surface area contributed by atoms with E-state index in [-0.39, 0.29) is 23.4 Å². The molecule has 1 N–H and O–H groups in total. The molecule has 20 heavy (non-hydrogen) atoms. The molecule has 0 heterocycles. The van der Waals surface area contributed by atoms with Crippen LogP contribution in [0.15, 0.2) is 18.2 Å². The van der Waals surface area contributed by atoms with Crippen molar-refractivity contribution in [3.05, 3.63) is 33.9 Å². The van der Waals surface area contributed by atoms with E-state index < -0.39 is 4.92 Å². The van der Waals surface area contributed by atoms with Crippen LogP contribution in [0.5, 0.6) is 5.75 Å². The number of methoxy groups -OCH3 is 1. The van der Waals surface area contributed by atoms with Crippen LogP contribution in [0, 0.1) is 22.5 Å². The van der Waals surface area contributed by atoms with E-state index >= 15 is 0 Å². The number of nitrogens with one attached hydrogen (secondary N) is 1. The van der Waals surface area contributed by atoms with Gasteiger partial charge >= 0.3 is 5.69 Å². The minimum Gasteiger partial charge on any atom is -0.490 e. The van der Waals surface area contributed by atoms with E-state index in [0.717, 1.165) is 0 Å². The number of nitro benzene ring substituents is 1. The Kier molecular flexibility index (Phi) is 5.54. The topological polar surface area (TPSA) is 81.5 Å². The van der Waals surface area contributed by atoms with Crippen molar-refractivity contribution < 1.29 is 14.5 Å². The van der Waals surface area contributed by atoms with Gasteiger partial charge in [-0.3, -0.25) is 14.9 Å². The summed E-state index contributed by atoms with van der Waals surface area (Å²) in [6.07, 6.45) is 6.37. The molecule has 1 aromatic rings. The maximum Gasteiger partial charge on any atom is 0.310 e. The molecule has 0 bridgehead atoms. The molecule has 0 aliphatic heterocycles. The fourth-order valence-corrected chi connectivity index (χ4v) is 1.68. The Labute approximate surface area is 117 Å². The molecule has 0 aliphatic rings. The molecular formula is C14H16N2O4. The maximum absolute atomic E-state index is 12.0. The van der Waals surface area contributed by atoms with Crippen LogP contribution in [-0.2, 0) is 0 Å². The monoisotopic (exact) mass is 276 g/mol. The van der Waals surface area contributed by atoms with E-state index in [9.17, 15) is 14.9 Å². The summed E-state index contributed by atoms with van der Waals surface area (Å²) < 4.78 is 4.92. The third-order valence-electron chi connectivity index (χ3n) is 2.83. The number of hydrogen-bond acceptors (Lipinski definition) is 4. The minimum atomic E-state index is -0.562. The van der Waals surface area contributed by atoms with Gasteiger partial charge in [0, 0.05) is 30.2 Å². The summed E-state index contributed by atoms with van der Waals surface area (Å²) in [6.45, 7) is 1.92. The predicted octanol–water partition coefficient (Wildman–Crippen LogP) is 2.14. The predicted molar refractivity (Wildman–Crippen MR) is 74.6 cm³/mol. The van der Waals surface area contributed by atoms with Crippen LogP contribution in [0.1, 0.15) is 30.1 Å². The highest BCUT2D eigenvalue weighted by molar-refractivity contribution is 5.95. The van der Waals surface area contributed by atoms with Crippen molar-refractivity contribution in [1.82, 2.24) is 5.32 Å². The minimum absolute atomic E-state index is 0.0487. The zero-order chi connectivity index (χ0) is 15.1. The van der Waals surface area contributed by atoms with Gasteiger partial charge in [0.15, 0.2) is 5.75 Å². The Hall–Kier alpha value is -2.55. The molecule has 0 aliphatic carbocycles. The normalized spacial score (nSPS) is 11.2. The fraction of sp³-hybridized carbons (Fsp3) is 0.357. The lowest BCUT2D eigenvalue weighted by Gasteiger charge is -2.14. The van der Waals surface area contributed by atoms with Crippen molar-refractivity contribution in [2.45, 2.75) is 25.8 Å². The first-order valence-corrected chi connectivity index (χ1v) is 6.10. The molecule has 0 saturated heterocycles. The molecule has 6 heteroatoms. The number of carbonyl (C=O) groups excluding carboxylic acids is 1. The number of nitrogens with zero attached hydrogens (tertiary/aromatic N) is 1. The summed E-state index contributed by atoms with van der Waals surface area (Å²) in [5.41, 5.74) is 0.114. The molecule has 1 amide bonds. The molecule has 1 aromatic carbocycles. The Morgan fingerprint density at radius 3 is 2.80 bits per heavy atom. The SMILES string of the molecule is C#CCC(CC)NC(=O)c1ccc([N+](=O)[O-])c(OC)c1. The molecule has 106 valence electrons. The van der Waals surface area contributed by atoms with Gasteiger partial charge < -0.3 is 10.1 Å². The fourth-order valence-electron chi connectivity index (χ4n) is 1.68. The first-order chi connectivity index (χ1) is 9.53. The van der Waals surface area contributed by atoms with Crippen molar-refractivity contribution in [2.75, 3.05) is 7.11 Å². The van der Waals surface area contributed by atoms with Crippen molar-refractivity contribution in [3.63, 3.8) is 0 Å². The molecule has 6 nitrogen and oxygen atoms in total. The Balaban J connectivity index is 2.94. The van der Waals surface area contributed by atoms with Crippen LogP contribution in [0.2, 0.25) is 0 Å². The smallest absolute Gasteiger partial charge is 0.310 e. The van der Waals surface area contributed by atoms with E-state index in [1.165, 1.54) is 25.3 Å². The van der Waals surface area contributed by atoms with Gasteiger partial charge in [0.05, 0.1) is 12.0 Å². The van der Waals surface area contributed by atoms with E-state index in [1.807, 2.05) is 6.92 Å². The van der Waals surface area contributed by atoms with Gasteiger partial charge in [0.25, 0.3) is 5.91 Å². The summed E-state index contributed by atoms with van der Waals surface area (Å²) in [4.78, 5) is 22.2. The molecule has 1 unspecified atom stereocenters. The summed E-state index contributed by atoms with van der Waals surface area (Å²) in [7, 11) is 1.32. The lowest BCUT2D eigenvalue weighted by molar-refractivity contribution is -0.385. The zero-order valence-electron chi connectivity index (χ0n) is 11.4. The van der Waals surface area contributed by atoms with Crippen LogP contribution in [0.4, 0.5) is 5.69 Å². The third-order valence-corrected chi connectivity index (χ3v) is 2.83. The lowest BCUT2D eigenvalue weighted by Crippen LogP contribution is -2.34. The molecule has 0 fully saturated rings. The largest absolute Gasteiger partial charge is 0.490 e. The van der Waals surface area contributed by atoms with Gasteiger partial charge in [0.1, 0.15) is 0 Å². The second-order valence-electron chi connectivity index (χ2n) is 4.13.